The van der Waals surface area contributed by atoms with Gasteiger partial charge in [-0.15, -0.1) is 0 Å². The van der Waals surface area contributed by atoms with Gasteiger partial charge in [-0.25, -0.2) is 13.4 Å². The second-order valence-corrected chi connectivity index (χ2v) is 7.67. The van der Waals surface area contributed by atoms with Crippen molar-refractivity contribution in [3.05, 3.63) is 22.7 Å². The van der Waals surface area contributed by atoms with E-state index in [9.17, 15) is 8.42 Å². The number of aromatic nitrogens is 2. The highest BCUT2D eigenvalue weighted by atomic mass is 79.9. The summed E-state index contributed by atoms with van der Waals surface area (Å²) >= 11 is 3.38. The topological polar surface area (TPSA) is 78.0 Å². The van der Waals surface area contributed by atoms with Gasteiger partial charge in [0.25, 0.3) is 0 Å². The van der Waals surface area contributed by atoms with Crippen molar-refractivity contribution < 1.29 is 8.42 Å². The summed E-state index contributed by atoms with van der Waals surface area (Å²) in [7, 11) is -2.93. The maximum atomic E-state index is 11.6. The third kappa shape index (κ3) is 1.91. The van der Waals surface area contributed by atoms with Crippen LogP contribution >= 0.6 is 15.9 Å². The zero-order valence-corrected chi connectivity index (χ0v) is 11.9. The molecule has 0 amide bonds. The highest BCUT2D eigenvalue weighted by Gasteiger charge is 2.31. The van der Waals surface area contributed by atoms with Crippen LogP contribution in [0.1, 0.15) is 12.5 Å². The molecule has 2 aromatic rings. The van der Waals surface area contributed by atoms with Crippen LogP contribution in [0.4, 0.5) is 5.95 Å². The standard InChI is InChI=1S/C11H12BrN3O2S/c12-7-1-2-10-9(5-7)14-11(13)15(10)8-3-4-18(16,17)6-8/h1-2,5,8H,3-4,6H2,(H2,13,14). The molecule has 7 heteroatoms. The van der Waals surface area contributed by atoms with E-state index in [0.29, 0.717) is 12.4 Å². The van der Waals surface area contributed by atoms with Gasteiger partial charge in [0.15, 0.2) is 9.84 Å². The summed E-state index contributed by atoms with van der Waals surface area (Å²) in [5.41, 5.74) is 7.58. The lowest BCUT2D eigenvalue weighted by atomic mass is 10.2. The smallest absolute Gasteiger partial charge is 0.201 e. The normalized spacial score (nSPS) is 22.6. The summed E-state index contributed by atoms with van der Waals surface area (Å²) in [6, 6.07) is 5.60. The number of sulfone groups is 1. The van der Waals surface area contributed by atoms with Crippen molar-refractivity contribution >= 4 is 42.7 Å². The van der Waals surface area contributed by atoms with Gasteiger partial charge in [-0.2, -0.15) is 0 Å². The minimum absolute atomic E-state index is 0.0961. The minimum Gasteiger partial charge on any atom is -0.369 e. The molecule has 1 aliphatic heterocycles. The minimum atomic E-state index is -2.93. The van der Waals surface area contributed by atoms with Crippen LogP contribution in [0, 0.1) is 0 Å². The molecule has 0 spiro atoms. The lowest BCUT2D eigenvalue weighted by Gasteiger charge is -2.12. The number of halogens is 1. The van der Waals surface area contributed by atoms with E-state index in [1.165, 1.54) is 0 Å². The van der Waals surface area contributed by atoms with Gasteiger partial charge in [0.2, 0.25) is 5.95 Å². The van der Waals surface area contributed by atoms with Gasteiger partial charge in [-0.1, -0.05) is 15.9 Å². The summed E-state index contributed by atoms with van der Waals surface area (Å²) in [5, 5.41) is 0. The van der Waals surface area contributed by atoms with Crippen LogP contribution in [-0.2, 0) is 9.84 Å². The Morgan fingerprint density at radius 1 is 1.44 bits per heavy atom. The molecule has 0 saturated carbocycles. The number of benzene rings is 1. The first-order chi connectivity index (χ1) is 8.46. The summed E-state index contributed by atoms with van der Waals surface area (Å²) in [5.74, 6) is 0.761. The molecule has 1 unspecified atom stereocenters. The zero-order valence-electron chi connectivity index (χ0n) is 9.51. The van der Waals surface area contributed by atoms with Crippen LogP contribution in [0.15, 0.2) is 22.7 Å². The van der Waals surface area contributed by atoms with Crippen molar-refractivity contribution in [2.75, 3.05) is 17.2 Å². The quantitative estimate of drug-likeness (QED) is 0.864. The Labute approximate surface area is 113 Å². The molecule has 1 saturated heterocycles. The molecule has 3 rings (SSSR count). The lowest BCUT2D eigenvalue weighted by Crippen LogP contribution is -2.13. The summed E-state index contributed by atoms with van der Waals surface area (Å²) in [4.78, 5) is 4.28. The maximum Gasteiger partial charge on any atom is 0.201 e. The van der Waals surface area contributed by atoms with Crippen molar-refractivity contribution in [3.8, 4) is 0 Å². The Morgan fingerprint density at radius 3 is 2.89 bits per heavy atom. The largest absolute Gasteiger partial charge is 0.369 e. The number of hydrogen-bond acceptors (Lipinski definition) is 4. The van der Waals surface area contributed by atoms with Crippen LogP contribution in [0.3, 0.4) is 0 Å². The van der Waals surface area contributed by atoms with Crippen molar-refractivity contribution in [3.63, 3.8) is 0 Å². The molecule has 5 nitrogen and oxygen atoms in total. The monoisotopic (exact) mass is 329 g/mol. The summed E-state index contributed by atoms with van der Waals surface area (Å²) < 4.78 is 25.9. The molecular formula is C11H12BrN3O2S. The molecule has 96 valence electrons. The van der Waals surface area contributed by atoms with Gasteiger partial charge in [0.1, 0.15) is 0 Å². The van der Waals surface area contributed by atoms with E-state index >= 15 is 0 Å². The molecule has 1 atom stereocenters. The lowest BCUT2D eigenvalue weighted by molar-refractivity contribution is 0.575. The van der Waals surface area contributed by atoms with Crippen molar-refractivity contribution in [2.24, 2.45) is 0 Å². The van der Waals surface area contributed by atoms with Gasteiger partial charge in [0.05, 0.1) is 28.6 Å². The predicted molar refractivity (Wildman–Crippen MR) is 74.2 cm³/mol. The Kier molecular flexibility index (Phi) is 2.63. The second-order valence-electron chi connectivity index (χ2n) is 4.53. The van der Waals surface area contributed by atoms with E-state index in [4.69, 9.17) is 5.73 Å². The first-order valence-electron chi connectivity index (χ1n) is 5.60. The zero-order chi connectivity index (χ0) is 12.9. The van der Waals surface area contributed by atoms with Crippen LogP contribution in [0.25, 0.3) is 11.0 Å². The fraction of sp³-hybridized carbons (Fsp3) is 0.364. The number of nitrogen functional groups attached to an aromatic ring is 1. The van der Waals surface area contributed by atoms with Crippen LogP contribution in [-0.4, -0.2) is 29.5 Å². The summed E-state index contributed by atoms with van der Waals surface area (Å²) in [6.07, 6.45) is 0.605. The van der Waals surface area contributed by atoms with Gasteiger partial charge < -0.3 is 10.3 Å². The van der Waals surface area contributed by atoms with Gasteiger partial charge in [-0.3, -0.25) is 0 Å². The third-order valence-corrected chi connectivity index (χ3v) is 5.50. The average Bonchev–Trinajstić information content (AvgIpc) is 2.77. The molecule has 18 heavy (non-hydrogen) atoms. The second kappa shape index (κ2) is 3.96. The Hall–Kier alpha value is -1.08. The van der Waals surface area contributed by atoms with Crippen LogP contribution in [0.2, 0.25) is 0 Å². The van der Waals surface area contributed by atoms with E-state index in [0.717, 1.165) is 15.5 Å². The van der Waals surface area contributed by atoms with E-state index in [2.05, 4.69) is 20.9 Å². The maximum absolute atomic E-state index is 11.6. The molecule has 2 N–H and O–H groups in total. The number of fused-ring (bicyclic) bond motifs is 1. The molecule has 1 fully saturated rings. The van der Waals surface area contributed by atoms with Crippen LogP contribution < -0.4 is 5.73 Å². The van der Waals surface area contributed by atoms with Crippen molar-refractivity contribution in [2.45, 2.75) is 12.5 Å². The van der Waals surface area contributed by atoms with Gasteiger partial charge >= 0.3 is 0 Å². The molecule has 2 heterocycles. The average molecular weight is 330 g/mol. The molecule has 0 aliphatic carbocycles. The number of imidazole rings is 1. The number of hydrogen-bond donors (Lipinski definition) is 1. The van der Waals surface area contributed by atoms with Crippen LogP contribution in [0.5, 0.6) is 0 Å². The number of anilines is 1. The molecule has 1 aromatic carbocycles. The van der Waals surface area contributed by atoms with Gasteiger partial charge in [0, 0.05) is 4.47 Å². The SMILES string of the molecule is Nc1nc2cc(Br)ccc2n1C1CCS(=O)(=O)C1. The Balaban J connectivity index is 2.15. The Morgan fingerprint density at radius 2 is 2.22 bits per heavy atom. The number of rotatable bonds is 1. The third-order valence-electron chi connectivity index (χ3n) is 3.25. The van der Waals surface area contributed by atoms with Crippen molar-refractivity contribution in [1.82, 2.24) is 9.55 Å². The Bertz CT molecular complexity index is 723. The molecule has 0 bridgehead atoms. The predicted octanol–water partition coefficient (Wildman–Crippen LogP) is 1.74. The molecular weight excluding hydrogens is 318 g/mol. The molecule has 1 aromatic heterocycles. The van der Waals surface area contributed by atoms with Crippen molar-refractivity contribution in [1.29, 1.82) is 0 Å². The highest BCUT2D eigenvalue weighted by Crippen LogP contribution is 2.31. The van der Waals surface area contributed by atoms with E-state index in [1.807, 2.05) is 22.8 Å². The first kappa shape index (κ1) is 12.0. The fourth-order valence-corrected chi connectivity index (χ4v) is 4.50. The fourth-order valence-electron chi connectivity index (χ4n) is 2.45. The van der Waals surface area contributed by atoms with E-state index in [1.54, 1.807) is 0 Å². The molecule has 0 radical (unpaired) electrons. The highest BCUT2D eigenvalue weighted by molar-refractivity contribution is 9.10. The van der Waals surface area contributed by atoms with Gasteiger partial charge in [-0.05, 0) is 24.6 Å². The molecule has 1 aliphatic rings. The number of nitrogens with two attached hydrogens (primary N) is 1. The number of nitrogens with zero attached hydrogens (tertiary/aromatic N) is 2. The van der Waals surface area contributed by atoms with E-state index < -0.39 is 9.84 Å². The summed E-state index contributed by atoms with van der Waals surface area (Å²) in [6.45, 7) is 0. The first-order valence-corrected chi connectivity index (χ1v) is 8.21. The van der Waals surface area contributed by atoms with E-state index in [-0.39, 0.29) is 17.5 Å².